The Hall–Kier alpha value is -0.660. The highest BCUT2D eigenvalue weighted by Crippen LogP contribution is 2.24. The van der Waals surface area contributed by atoms with Gasteiger partial charge in [0.15, 0.2) is 0 Å². The van der Waals surface area contributed by atoms with Crippen LogP contribution in [0.4, 0.5) is 0 Å². The van der Waals surface area contributed by atoms with Crippen LogP contribution in [0.15, 0.2) is 12.4 Å². The molecule has 0 aromatic rings. The normalized spacial score (nSPS) is 15.1. The van der Waals surface area contributed by atoms with Gasteiger partial charge in [0.2, 0.25) is 0 Å². The van der Waals surface area contributed by atoms with Crippen molar-refractivity contribution < 1.29 is 0 Å². The molecule has 1 rings (SSSR count). The molecule has 1 unspecified atom stereocenters. The third-order valence-electron chi connectivity index (χ3n) is 9.32. The molecule has 1 aliphatic rings. The Balaban J connectivity index is 2.15. The lowest BCUT2D eigenvalue weighted by molar-refractivity contribution is 0.135. The SMILES string of the molecule is CCCCCCCCCCCCCCCCCN1C=CN(CCCCCCCC)C1CCCCCCCCCC. The molecule has 0 saturated carbocycles. The van der Waals surface area contributed by atoms with Gasteiger partial charge in [0.25, 0.3) is 0 Å². The van der Waals surface area contributed by atoms with Gasteiger partial charge in [-0.1, -0.05) is 188 Å². The predicted molar refractivity (Wildman–Crippen MR) is 182 cm³/mol. The summed E-state index contributed by atoms with van der Waals surface area (Å²) in [6, 6.07) is 0. The number of unbranched alkanes of at least 4 members (excludes halogenated alkanes) is 26. The minimum absolute atomic E-state index is 0.641. The zero-order valence-corrected chi connectivity index (χ0v) is 28.3. The molecule has 0 aliphatic carbocycles. The third kappa shape index (κ3) is 22.0. The first-order valence-electron chi connectivity index (χ1n) is 19.0. The summed E-state index contributed by atoms with van der Waals surface area (Å²) >= 11 is 0. The van der Waals surface area contributed by atoms with Gasteiger partial charge in [-0.25, -0.2) is 0 Å². The van der Waals surface area contributed by atoms with Crippen molar-refractivity contribution in [1.82, 2.24) is 9.80 Å². The predicted octanol–water partition coefficient (Wildman–Crippen LogP) is 13.2. The largest absolute Gasteiger partial charge is 0.356 e. The van der Waals surface area contributed by atoms with Crippen molar-refractivity contribution in [3.63, 3.8) is 0 Å². The minimum atomic E-state index is 0.641. The third-order valence-corrected chi connectivity index (χ3v) is 9.32. The lowest BCUT2D eigenvalue weighted by Crippen LogP contribution is -2.39. The Morgan fingerprint density at radius 1 is 0.325 bits per heavy atom. The van der Waals surface area contributed by atoms with E-state index in [9.17, 15) is 0 Å². The second kappa shape index (κ2) is 29.8. The standard InChI is InChI=1S/C38H76N2/c1-4-7-10-13-16-18-19-20-21-22-23-24-26-29-32-35-40-37-36-39(34-31-28-15-12-9-6-3)38(40)33-30-27-25-17-14-11-8-5-2/h36-38H,4-35H2,1-3H3. The van der Waals surface area contributed by atoms with Crippen LogP contribution in [0, 0.1) is 0 Å². The summed E-state index contributed by atoms with van der Waals surface area (Å²) in [5.41, 5.74) is 0. The summed E-state index contributed by atoms with van der Waals surface area (Å²) < 4.78 is 0. The first-order chi connectivity index (χ1) is 19.8. The smallest absolute Gasteiger partial charge is 0.101 e. The van der Waals surface area contributed by atoms with E-state index in [4.69, 9.17) is 0 Å². The van der Waals surface area contributed by atoms with Gasteiger partial charge in [-0.3, -0.25) is 0 Å². The van der Waals surface area contributed by atoms with Crippen molar-refractivity contribution in [2.75, 3.05) is 13.1 Å². The lowest BCUT2D eigenvalue weighted by atomic mass is 10.0. The van der Waals surface area contributed by atoms with E-state index in [1.165, 1.54) is 206 Å². The van der Waals surface area contributed by atoms with Gasteiger partial charge in [0, 0.05) is 25.5 Å². The van der Waals surface area contributed by atoms with Crippen LogP contribution in [0.25, 0.3) is 0 Å². The summed E-state index contributed by atoms with van der Waals surface area (Å²) in [6.45, 7) is 9.48. The summed E-state index contributed by atoms with van der Waals surface area (Å²) in [4.78, 5) is 5.41. The second-order valence-electron chi connectivity index (χ2n) is 13.2. The minimum Gasteiger partial charge on any atom is -0.356 e. The fourth-order valence-electron chi connectivity index (χ4n) is 6.54. The molecule has 0 fully saturated rings. The maximum absolute atomic E-state index is 2.71. The van der Waals surface area contributed by atoms with Gasteiger partial charge in [0.1, 0.15) is 6.17 Å². The highest BCUT2D eigenvalue weighted by molar-refractivity contribution is 4.97. The molecule has 0 radical (unpaired) electrons. The van der Waals surface area contributed by atoms with Crippen LogP contribution in [0.2, 0.25) is 0 Å². The van der Waals surface area contributed by atoms with Crippen LogP contribution in [-0.4, -0.2) is 29.1 Å². The van der Waals surface area contributed by atoms with Crippen LogP contribution in [0.3, 0.4) is 0 Å². The highest BCUT2D eigenvalue weighted by atomic mass is 15.4. The lowest BCUT2D eigenvalue weighted by Gasteiger charge is -2.33. The molecule has 0 saturated heterocycles. The number of hydrogen-bond acceptors (Lipinski definition) is 2. The Morgan fingerprint density at radius 3 is 0.875 bits per heavy atom. The van der Waals surface area contributed by atoms with Crippen LogP contribution in [0.1, 0.15) is 213 Å². The van der Waals surface area contributed by atoms with Gasteiger partial charge >= 0.3 is 0 Å². The average molecular weight is 561 g/mol. The van der Waals surface area contributed by atoms with Gasteiger partial charge in [0.05, 0.1) is 0 Å². The molecule has 0 spiro atoms. The van der Waals surface area contributed by atoms with E-state index in [1.54, 1.807) is 0 Å². The molecule has 1 atom stereocenters. The first kappa shape index (κ1) is 37.4. The van der Waals surface area contributed by atoms with Crippen LogP contribution in [0.5, 0.6) is 0 Å². The molecular formula is C38H76N2. The Morgan fingerprint density at radius 2 is 0.575 bits per heavy atom. The Labute approximate surface area is 254 Å². The fourth-order valence-corrected chi connectivity index (χ4v) is 6.54. The second-order valence-corrected chi connectivity index (χ2v) is 13.2. The highest BCUT2D eigenvalue weighted by Gasteiger charge is 2.24. The van der Waals surface area contributed by atoms with Gasteiger partial charge in [-0.15, -0.1) is 0 Å². The van der Waals surface area contributed by atoms with Crippen molar-refractivity contribution >= 4 is 0 Å². The van der Waals surface area contributed by atoms with E-state index in [-0.39, 0.29) is 0 Å². The Kier molecular flexibility index (Phi) is 27.9. The molecule has 0 amide bonds. The van der Waals surface area contributed by atoms with E-state index < -0.39 is 0 Å². The van der Waals surface area contributed by atoms with E-state index in [0.717, 1.165) is 0 Å². The van der Waals surface area contributed by atoms with Crippen molar-refractivity contribution in [3.8, 4) is 0 Å². The number of hydrogen-bond donors (Lipinski definition) is 0. The molecule has 0 aromatic carbocycles. The molecule has 0 aromatic heterocycles. The van der Waals surface area contributed by atoms with Gasteiger partial charge < -0.3 is 9.80 Å². The van der Waals surface area contributed by atoms with Crippen LogP contribution >= 0.6 is 0 Å². The van der Waals surface area contributed by atoms with Crippen molar-refractivity contribution in [3.05, 3.63) is 12.4 Å². The zero-order chi connectivity index (χ0) is 28.8. The maximum Gasteiger partial charge on any atom is 0.101 e. The van der Waals surface area contributed by atoms with Crippen molar-refractivity contribution in [1.29, 1.82) is 0 Å². The van der Waals surface area contributed by atoms with Crippen molar-refractivity contribution in [2.24, 2.45) is 0 Å². The maximum atomic E-state index is 2.71. The Bertz CT molecular complexity index is 516. The molecule has 1 heterocycles. The van der Waals surface area contributed by atoms with E-state index >= 15 is 0 Å². The molecular weight excluding hydrogens is 484 g/mol. The number of nitrogens with zero attached hydrogens (tertiary/aromatic N) is 2. The van der Waals surface area contributed by atoms with E-state index in [0.29, 0.717) is 6.17 Å². The van der Waals surface area contributed by atoms with E-state index in [1.807, 2.05) is 0 Å². The topological polar surface area (TPSA) is 6.48 Å². The molecule has 1 aliphatic heterocycles. The molecule has 40 heavy (non-hydrogen) atoms. The molecule has 2 heteroatoms. The molecule has 0 bridgehead atoms. The molecule has 238 valence electrons. The summed E-state index contributed by atoms with van der Waals surface area (Å²) in [5, 5.41) is 0. The summed E-state index contributed by atoms with van der Waals surface area (Å²) in [6.07, 6.45) is 48.4. The first-order valence-corrected chi connectivity index (χ1v) is 19.0. The van der Waals surface area contributed by atoms with Gasteiger partial charge in [-0.2, -0.15) is 0 Å². The molecule has 2 nitrogen and oxygen atoms in total. The van der Waals surface area contributed by atoms with Gasteiger partial charge in [-0.05, 0) is 25.7 Å². The summed E-state index contributed by atoms with van der Waals surface area (Å²) in [5.74, 6) is 0. The van der Waals surface area contributed by atoms with Crippen LogP contribution in [-0.2, 0) is 0 Å². The van der Waals surface area contributed by atoms with Crippen molar-refractivity contribution in [2.45, 2.75) is 220 Å². The molecule has 0 N–H and O–H groups in total. The number of rotatable bonds is 32. The zero-order valence-electron chi connectivity index (χ0n) is 28.3. The quantitative estimate of drug-likeness (QED) is 0.0755. The van der Waals surface area contributed by atoms with Crippen LogP contribution < -0.4 is 0 Å². The summed E-state index contributed by atoms with van der Waals surface area (Å²) in [7, 11) is 0. The van der Waals surface area contributed by atoms with E-state index in [2.05, 4.69) is 43.0 Å². The monoisotopic (exact) mass is 561 g/mol. The fraction of sp³-hybridized carbons (Fsp3) is 0.947. The average Bonchev–Trinajstić information content (AvgIpc) is 3.35.